The van der Waals surface area contributed by atoms with Crippen molar-refractivity contribution in [3.8, 4) is 0 Å². The maximum Gasteiger partial charge on any atom is 0.254 e. The molecule has 1 fully saturated rings. The minimum Gasteiger partial charge on any atom is -0.369 e. The highest BCUT2D eigenvalue weighted by Gasteiger charge is 2.17. The van der Waals surface area contributed by atoms with Gasteiger partial charge in [0.15, 0.2) is 0 Å². The van der Waals surface area contributed by atoms with Crippen LogP contribution in [0, 0.1) is 17.5 Å². The summed E-state index contributed by atoms with van der Waals surface area (Å²) in [7, 11) is 0. The minimum absolute atomic E-state index is 0.149. The van der Waals surface area contributed by atoms with E-state index in [0.717, 1.165) is 57.0 Å². The topological polar surface area (TPSA) is 35.6 Å². The molecule has 1 N–H and O–H groups in total. The number of hydrogen-bond donors (Lipinski definition) is 1. The van der Waals surface area contributed by atoms with Gasteiger partial charge in [0.1, 0.15) is 17.5 Å². The van der Waals surface area contributed by atoms with Crippen LogP contribution in [-0.4, -0.2) is 50.1 Å². The third-order valence-corrected chi connectivity index (χ3v) is 4.68. The highest BCUT2D eigenvalue weighted by atomic mass is 19.1. The van der Waals surface area contributed by atoms with Crippen LogP contribution in [0.4, 0.5) is 18.9 Å². The normalized spacial score (nSPS) is 15.0. The van der Waals surface area contributed by atoms with Crippen molar-refractivity contribution in [1.29, 1.82) is 0 Å². The first-order valence-electron chi connectivity index (χ1n) is 8.99. The number of hydrogen-bond acceptors (Lipinski definition) is 3. The molecule has 2 aromatic carbocycles. The maximum absolute atomic E-state index is 13.6. The van der Waals surface area contributed by atoms with E-state index in [9.17, 15) is 18.0 Å². The van der Waals surface area contributed by atoms with Crippen molar-refractivity contribution < 1.29 is 18.0 Å². The number of halogens is 3. The van der Waals surface area contributed by atoms with E-state index in [2.05, 4.69) is 15.1 Å². The Hall–Kier alpha value is -2.54. The van der Waals surface area contributed by atoms with E-state index in [1.807, 2.05) is 0 Å². The molecule has 0 bridgehead atoms. The number of nitrogens with one attached hydrogen (secondary N) is 1. The van der Waals surface area contributed by atoms with Gasteiger partial charge in [-0.1, -0.05) is 0 Å². The number of benzene rings is 2. The van der Waals surface area contributed by atoms with Crippen molar-refractivity contribution in [2.24, 2.45) is 0 Å². The lowest BCUT2D eigenvalue weighted by atomic mass is 10.2. The van der Waals surface area contributed by atoms with Gasteiger partial charge in [-0.25, -0.2) is 13.2 Å². The second kappa shape index (κ2) is 8.90. The summed E-state index contributed by atoms with van der Waals surface area (Å²) in [6.07, 6.45) is 0.741. The molecule has 27 heavy (non-hydrogen) atoms. The van der Waals surface area contributed by atoms with Crippen LogP contribution in [0.5, 0.6) is 0 Å². The van der Waals surface area contributed by atoms with Crippen LogP contribution < -0.4 is 10.2 Å². The second-order valence-electron chi connectivity index (χ2n) is 6.54. The zero-order valence-corrected chi connectivity index (χ0v) is 14.9. The SMILES string of the molecule is O=C(NCCCN1CCN(c2ccc(F)cc2)CC1)c1ccc(F)cc1F. The number of nitrogens with zero attached hydrogens (tertiary/aromatic N) is 2. The molecule has 2 aromatic rings. The lowest BCUT2D eigenvalue weighted by Crippen LogP contribution is -2.47. The van der Waals surface area contributed by atoms with Crippen LogP contribution in [0.2, 0.25) is 0 Å². The number of anilines is 1. The third-order valence-electron chi connectivity index (χ3n) is 4.68. The van der Waals surface area contributed by atoms with Crippen molar-refractivity contribution >= 4 is 11.6 Å². The fourth-order valence-corrected chi connectivity index (χ4v) is 3.16. The largest absolute Gasteiger partial charge is 0.369 e. The number of carbonyl (C=O) groups is 1. The Morgan fingerprint density at radius 3 is 2.26 bits per heavy atom. The summed E-state index contributed by atoms with van der Waals surface area (Å²) in [4.78, 5) is 16.4. The van der Waals surface area contributed by atoms with E-state index in [-0.39, 0.29) is 11.4 Å². The fraction of sp³-hybridized carbons (Fsp3) is 0.350. The van der Waals surface area contributed by atoms with Gasteiger partial charge in [0.2, 0.25) is 0 Å². The van der Waals surface area contributed by atoms with Crippen LogP contribution in [0.25, 0.3) is 0 Å². The molecule has 7 heteroatoms. The highest BCUT2D eigenvalue weighted by Crippen LogP contribution is 2.17. The molecule has 0 saturated carbocycles. The summed E-state index contributed by atoms with van der Waals surface area (Å²) in [6.45, 7) is 4.74. The van der Waals surface area contributed by atoms with Crippen LogP contribution in [0.3, 0.4) is 0 Å². The van der Waals surface area contributed by atoms with E-state index >= 15 is 0 Å². The molecule has 0 aromatic heterocycles. The number of piperazine rings is 1. The van der Waals surface area contributed by atoms with Gasteiger partial charge in [-0.3, -0.25) is 9.69 Å². The van der Waals surface area contributed by atoms with E-state index in [1.165, 1.54) is 12.1 Å². The predicted octanol–water partition coefficient (Wildman–Crippen LogP) is 3.05. The van der Waals surface area contributed by atoms with E-state index < -0.39 is 17.5 Å². The van der Waals surface area contributed by atoms with E-state index in [4.69, 9.17) is 0 Å². The first-order chi connectivity index (χ1) is 13.0. The summed E-state index contributed by atoms with van der Waals surface area (Å²) in [6, 6.07) is 9.43. The van der Waals surface area contributed by atoms with Gasteiger partial charge < -0.3 is 10.2 Å². The van der Waals surface area contributed by atoms with Crippen molar-refractivity contribution in [2.75, 3.05) is 44.2 Å². The van der Waals surface area contributed by atoms with Gasteiger partial charge in [0.05, 0.1) is 5.56 Å². The first kappa shape index (κ1) is 19.2. The molecule has 0 radical (unpaired) electrons. The quantitative estimate of drug-likeness (QED) is 0.786. The minimum atomic E-state index is -0.857. The highest BCUT2D eigenvalue weighted by molar-refractivity contribution is 5.94. The van der Waals surface area contributed by atoms with Gasteiger partial charge in [0.25, 0.3) is 5.91 Å². The van der Waals surface area contributed by atoms with Crippen LogP contribution >= 0.6 is 0 Å². The Morgan fingerprint density at radius 1 is 0.926 bits per heavy atom. The molecule has 3 rings (SSSR count). The van der Waals surface area contributed by atoms with Crippen LogP contribution in [0.1, 0.15) is 16.8 Å². The predicted molar refractivity (Wildman–Crippen MR) is 98.4 cm³/mol. The Morgan fingerprint density at radius 2 is 1.59 bits per heavy atom. The molecule has 144 valence electrons. The summed E-state index contributed by atoms with van der Waals surface area (Å²) in [5.41, 5.74) is 0.869. The molecule has 4 nitrogen and oxygen atoms in total. The fourth-order valence-electron chi connectivity index (χ4n) is 3.16. The average Bonchev–Trinajstić information content (AvgIpc) is 2.66. The Bertz CT molecular complexity index is 775. The van der Waals surface area contributed by atoms with Crippen molar-refractivity contribution in [3.63, 3.8) is 0 Å². The first-order valence-corrected chi connectivity index (χ1v) is 8.99. The van der Waals surface area contributed by atoms with Gasteiger partial charge in [-0.05, 0) is 49.4 Å². The van der Waals surface area contributed by atoms with Crippen molar-refractivity contribution in [2.45, 2.75) is 6.42 Å². The molecule has 1 aliphatic rings. The summed E-state index contributed by atoms with van der Waals surface area (Å²) in [5, 5.41) is 2.66. The number of carbonyl (C=O) groups excluding carboxylic acids is 1. The molecule has 1 heterocycles. The van der Waals surface area contributed by atoms with E-state index in [1.54, 1.807) is 12.1 Å². The van der Waals surface area contributed by atoms with Gasteiger partial charge >= 0.3 is 0 Å². The zero-order valence-electron chi connectivity index (χ0n) is 14.9. The standard InChI is InChI=1S/C20H22F3N3O/c21-15-2-5-17(6-3-15)26-12-10-25(11-13-26)9-1-8-24-20(27)18-7-4-16(22)14-19(18)23/h2-7,14H,1,8-13H2,(H,24,27). The monoisotopic (exact) mass is 377 g/mol. The molecule has 1 amide bonds. The molecular weight excluding hydrogens is 355 g/mol. The molecule has 0 unspecified atom stereocenters. The summed E-state index contributed by atoms with van der Waals surface area (Å²) < 4.78 is 39.4. The van der Waals surface area contributed by atoms with Gasteiger partial charge in [-0.2, -0.15) is 0 Å². The third kappa shape index (κ3) is 5.23. The maximum atomic E-state index is 13.6. The Kier molecular flexibility index (Phi) is 6.34. The van der Waals surface area contributed by atoms with Gasteiger partial charge in [0, 0.05) is 44.5 Å². The lowest BCUT2D eigenvalue weighted by Gasteiger charge is -2.36. The lowest BCUT2D eigenvalue weighted by molar-refractivity contribution is 0.0947. The molecule has 0 atom stereocenters. The molecule has 1 aliphatic heterocycles. The summed E-state index contributed by atoms with van der Waals surface area (Å²) in [5.74, 6) is -2.33. The van der Waals surface area contributed by atoms with Crippen LogP contribution in [-0.2, 0) is 0 Å². The average molecular weight is 377 g/mol. The molecule has 0 spiro atoms. The molecule has 1 saturated heterocycles. The Balaban J connectivity index is 1.37. The summed E-state index contributed by atoms with van der Waals surface area (Å²) >= 11 is 0. The van der Waals surface area contributed by atoms with Crippen molar-refractivity contribution in [3.05, 3.63) is 65.5 Å². The second-order valence-corrected chi connectivity index (χ2v) is 6.54. The number of amides is 1. The molecule has 0 aliphatic carbocycles. The van der Waals surface area contributed by atoms with Crippen molar-refractivity contribution in [1.82, 2.24) is 10.2 Å². The smallest absolute Gasteiger partial charge is 0.254 e. The van der Waals surface area contributed by atoms with E-state index in [0.29, 0.717) is 12.6 Å². The number of rotatable bonds is 6. The van der Waals surface area contributed by atoms with Crippen LogP contribution in [0.15, 0.2) is 42.5 Å². The van der Waals surface area contributed by atoms with Gasteiger partial charge in [-0.15, -0.1) is 0 Å². The molecular formula is C20H22F3N3O. The zero-order chi connectivity index (χ0) is 19.2. The Labute approximate surface area is 156 Å².